The molecule has 1 atom stereocenters. The molecule has 0 saturated heterocycles. The van der Waals surface area contributed by atoms with Crippen molar-refractivity contribution in [1.82, 2.24) is 9.80 Å². The second-order valence-corrected chi connectivity index (χ2v) is 4.32. The van der Waals surface area contributed by atoms with Gasteiger partial charge in [0.1, 0.15) is 0 Å². The van der Waals surface area contributed by atoms with Crippen LogP contribution in [0.25, 0.3) is 0 Å². The molecule has 1 aliphatic heterocycles. The van der Waals surface area contributed by atoms with E-state index in [0.29, 0.717) is 5.38 Å². The first kappa shape index (κ1) is 10.7. The van der Waals surface area contributed by atoms with Gasteiger partial charge in [0, 0.05) is 26.0 Å². The Labute approximate surface area is 86.2 Å². The Balaban J connectivity index is 2.14. The molecule has 3 heteroatoms. The summed E-state index contributed by atoms with van der Waals surface area (Å²) in [5.74, 6) is 0. The molecule has 0 spiro atoms. The third kappa shape index (κ3) is 3.90. The summed E-state index contributed by atoms with van der Waals surface area (Å²) in [6, 6.07) is 0. The second kappa shape index (κ2) is 5.38. The summed E-state index contributed by atoms with van der Waals surface area (Å²) < 4.78 is 0. The van der Waals surface area contributed by atoms with Gasteiger partial charge in [-0.3, -0.25) is 0 Å². The highest BCUT2D eigenvalue weighted by atomic mass is 35.5. The van der Waals surface area contributed by atoms with Crippen LogP contribution in [0.3, 0.4) is 0 Å². The minimum atomic E-state index is 0.302. The molecule has 1 aliphatic rings. The quantitative estimate of drug-likeness (QED) is 0.632. The fraction of sp³-hybridized carbons (Fsp3) is 0.800. The standard InChI is InChI=1S/C10H19ClN2/c1-3-4-5-10(11)8-13-7-6-12(2)9-13/h6-7,10H,3-5,8-9H2,1-2H3. The zero-order valence-corrected chi connectivity index (χ0v) is 9.30. The Morgan fingerprint density at radius 3 is 2.77 bits per heavy atom. The molecule has 0 N–H and O–H groups in total. The third-order valence-electron chi connectivity index (χ3n) is 2.24. The second-order valence-electron chi connectivity index (χ2n) is 3.71. The zero-order valence-electron chi connectivity index (χ0n) is 8.54. The van der Waals surface area contributed by atoms with Crippen molar-refractivity contribution in [1.29, 1.82) is 0 Å². The van der Waals surface area contributed by atoms with Crippen molar-refractivity contribution in [2.24, 2.45) is 0 Å². The molecule has 1 heterocycles. The lowest BCUT2D eigenvalue weighted by Gasteiger charge is -2.20. The highest BCUT2D eigenvalue weighted by Crippen LogP contribution is 2.12. The predicted octanol–water partition coefficient (Wildman–Crippen LogP) is 2.46. The Bertz CT molecular complexity index is 170. The maximum absolute atomic E-state index is 6.19. The zero-order chi connectivity index (χ0) is 9.68. The van der Waals surface area contributed by atoms with Crippen molar-refractivity contribution in [3.05, 3.63) is 12.4 Å². The van der Waals surface area contributed by atoms with Crippen LogP contribution in [0.1, 0.15) is 26.2 Å². The van der Waals surface area contributed by atoms with Crippen LogP contribution in [0.2, 0.25) is 0 Å². The highest BCUT2D eigenvalue weighted by molar-refractivity contribution is 6.20. The van der Waals surface area contributed by atoms with E-state index in [9.17, 15) is 0 Å². The van der Waals surface area contributed by atoms with Gasteiger partial charge in [-0.2, -0.15) is 0 Å². The molecule has 0 aliphatic carbocycles. The molecule has 0 saturated carbocycles. The molecular formula is C10H19ClN2. The Kier molecular flexibility index (Phi) is 4.43. The summed E-state index contributed by atoms with van der Waals surface area (Å²) in [6.07, 6.45) is 7.80. The Morgan fingerprint density at radius 2 is 2.23 bits per heavy atom. The minimum Gasteiger partial charge on any atom is -0.362 e. The SMILES string of the molecule is CCCCC(Cl)CN1C=CN(C)C1. The highest BCUT2D eigenvalue weighted by Gasteiger charge is 2.12. The van der Waals surface area contributed by atoms with Gasteiger partial charge in [0.2, 0.25) is 0 Å². The molecule has 1 unspecified atom stereocenters. The van der Waals surface area contributed by atoms with Gasteiger partial charge < -0.3 is 9.80 Å². The number of nitrogens with zero attached hydrogens (tertiary/aromatic N) is 2. The topological polar surface area (TPSA) is 6.48 Å². The molecule has 0 fully saturated rings. The maximum atomic E-state index is 6.19. The molecule has 0 bridgehead atoms. The van der Waals surface area contributed by atoms with E-state index in [1.165, 1.54) is 12.8 Å². The van der Waals surface area contributed by atoms with Gasteiger partial charge in [-0.25, -0.2) is 0 Å². The summed E-state index contributed by atoms with van der Waals surface area (Å²) in [6.45, 7) is 4.16. The van der Waals surface area contributed by atoms with Crippen molar-refractivity contribution in [2.45, 2.75) is 31.6 Å². The Hall–Kier alpha value is -0.370. The molecule has 2 nitrogen and oxygen atoms in total. The van der Waals surface area contributed by atoms with Gasteiger partial charge >= 0.3 is 0 Å². The number of alkyl halides is 1. The number of hydrogen-bond acceptors (Lipinski definition) is 2. The van der Waals surface area contributed by atoms with Crippen molar-refractivity contribution < 1.29 is 0 Å². The number of rotatable bonds is 5. The number of unbranched alkanes of at least 4 members (excludes halogenated alkanes) is 1. The van der Waals surface area contributed by atoms with E-state index >= 15 is 0 Å². The van der Waals surface area contributed by atoms with Crippen LogP contribution in [0.4, 0.5) is 0 Å². The predicted molar refractivity (Wildman–Crippen MR) is 57.6 cm³/mol. The van der Waals surface area contributed by atoms with Crippen molar-refractivity contribution in [3.63, 3.8) is 0 Å². The molecule has 0 amide bonds. The largest absolute Gasteiger partial charge is 0.362 e. The summed E-state index contributed by atoms with van der Waals surface area (Å²) in [5, 5.41) is 0.302. The van der Waals surface area contributed by atoms with Gasteiger partial charge in [-0.05, 0) is 6.42 Å². The van der Waals surface area contributed by atoms with E-state index in [-0.39, 0.29) is 0 Å². The summed E-state index contributed by atoms with van der Waals surface area (Å²) in [4.78, 5) is 4.41. The first-order chi connectivity index (χ1) is 6.22. The fourth-order valence-corrected chi connectivity index (χ4v) is 1.81. The van der Waals surface area contributed by atoms with Gasteiger partial charge in [-0.1, -0.05) is 19.8 Å². The Morgan fingerprint density at radius 1 is 1.46 bits per heavy atom. The molecule has 0 aromatic rings. The van der Waals surface area contributed by atoms with Gasteiger partial charge in [-0.15, -0.1) is 11.6 Å². The van der Waals surface area contributed by atoms with Crippen LogP contribution in [-0.4, -0.2) is 35.4 Å². The van der Waals surface area contributed by atoms with Crippen molar-refractivity contribution >= 4 is 11.6 Å². The van der Waals surface area contributed by atoms with Crippen molar-refractivity contribution in [2.75, 3.05) is 20.3 Å². The molecular weight excluding hydrogens is 184 g/mol. The molecule has 76 valence electrons. The lowest BCUT2D eigenvalue weighted by molar-refractivity contribution is 0.293. The van der Waals surface area contributed by atoms with E-state index in [2.05, 4.69) is 36.2 Å². The molecule has 1 rings (SSSR count). The first-order valence-electron chi connectivity index (χ1n) is 4.99. The van der Waals surface area contributed by atoms with Crippen LogP contribution < -0.4 is 0 Å². The lowest BCUT2D eigenvalue weighted by atomic mass is 10.2. The smallest absolute Gasteiger partial charge is 0.0891 e. The van der Waals surface area contributed by atoms with E-state index in [1.807, 2.05) is 0 Å². The molecule has 0 aromatic carbocycles. The average Bonchev–Trinajstić information content (AvgIpc) is 2.48. The van der Waals surface area contributed by atoms with Gasteiger partial charge in [0.05, 0.1) is 12.0 Å². The van der Waals surface area contributed by atoms with Crippen molar-refractivity contribution in [3.8, 4) is 0 Å². The molecule has 0 aromatic heterocycles. The van der Waals surface area contributed by atoms with E-state index in [1.54, 1.807) is 0 Å². The summed E-state index contributed by atoms with van der Waals surface area (Å²) >= 11 is 6.19. The monoisotopic (exact) mass is 202 g/mol. The molecule has 0 radical (unpaired) electrons. The van der Waals surface area contributed by atoms with Crippen LogP contribution >= 0.6 is 11.6 Å². The lowest BCUT2D eigenvalue weighted by Crippen LogP contribution is -2.28. The maximum Gasteiger partial charge on any atom is 0.0891 e. The average molecular weight is 203 g/mol. The fourth-order valence-electron chi connectivity index (χ4n) is 1.48. The van der Waals surface area contributed by atoms with Crippen LogP contribution in [-0.2, 0) is 0 Å². The first-order valence-corrected chi connectivity index (χ1v) is 5.42. The van der Waals surface area contributed by atoms with Crippen LogP contribution in [0, 0.1) is 0 Å². The van der Waals surface area contributed by atoms with E-state index < -0.39 is 0 Å². The summed E-state index contributed by atoms with van der Waals surface area (Å²) in [5.41, 5.74) is 0. The van der Waals surface area contributed by atoms with E-state index in [4.69, 9.17) is 11.6 Å². The third-order valence-corrected chi connectivity index (χ3v) is 2.60. The minimum absolute atomic E-state index is 0.302. The summed E-state index contributed by atoms with van der Waals surface area (Å²) in [7, 11) is 2.08. The van der Waals surface area contributed by atoms with Gasteiger partial charge in [0.15, 0.2) is 0 Å². The normalized spacial score (nSPS) is 18.4. The van der Waals surface area contributed by atoms with E-state index in [0.717, 1.165) is 19.6 Å². The van der Waals surface area contributed by atoms with Crippen LogP contribution in [0.5, 0.6) is 0 Å². The molecule has 13 heavy (non-hydrogen) atoms. The van der Waals surface area contributed by atoms with Crippen LogP contribution in [0.15, 0.2) is 12.4 Å². The van der Waals surface area contributed by atoms with Gasteiger partial charge in [0.25, 0.3) is 0 Å². The number of hydrogen-bond donors (Lipinski definition) is 0. The number of halogens is 1.